The maximum Gasteiger partial charge on any atom is -0.0276 e. The zero-order chi connectivity index (χ0) is 8.81. The van der Waals surface area contributed by atoms with Crippen LogP contribution < -0.4 is 0 Å². The van der Waals surface area contributed by atoms with Gasteiger partial charge in [0.15, 0.2) is 0 Å². The number of rotatable bonds is 0. The summed E-state index contributed by atoms with van der Waals surface area (Å²) in [5.41, 5.74) is 3.16. The minimum absolute atomic E-state index is 1.30. The molecule has 0 heterocycles. The maximum atomic E-state index is 2.26. The molecule has 0 saturated heterocycles. The summed E-state index contributed by atoms with van der Waals surface area (Å²) in [4.78, 5) is 0. The van der Waals surface area contributed by atoms with Crippen LogP contribution in [0.3, 0.4) is 0 Å². The van der Waals surface area contributed by atoms with E-state index in [9.17, 15) is 0 Å². The van der Waals surface area contributed by atoms with Gasteiger partial charge in [-0.25, -0.2) is 0 Å². The Balaban J connectivity index is 0.000000336. The van der Waals surface area contributed by atoms with E-state index in [-0.39, 0.29) is 0 Å². The van der Waals surface area contributed by atoms with E-state index in [1.54, 1.807) is 11.1 Å². The molecular formula is C12H18. The largest absolute Gasteiger partial charge is 0.0683 e. The summed E-state index contributed by atoms with van der Waals surface area (Å²) in [6, 6.07) is 8.80. The molecule has 0 bridgehead atoms. The summed E-state index contributed by atoms with van der Waals surface area (Å²) in [7, 11) is 0. The fraction of sp³-hybridized carbons (Fsp3) is 0.500. The minimum atomic E-state index is 1.30. The first-order chi connectivity index (χ1) is 5.97. The molecule has 12 heavy (non-hydrogen) atoms. The molecule has 0 fully saturated rings. The second-order valence-corrected chi connectivity index (χ2v) is 2.98. The van der Waals surface area contributed by atoms with Crippen LogP contribution in [-0.2, 0) is 12.8 Å². The molecule has 66 valence electrons. The SMILES string of the molecule is CC.c1ccc2c(c1)CCCC2. The lowest BCUT2D eigenvalue weighted by Crippen LogP contribution is -2.00. The van der Waals surface area contributed by atoms with Crippen LogP contribution in [-0.4, -0.2) is 0 Å². The summed E-state index contributed by atoms with van der Waals surface area (Å²) >= 11 is 0. The summed E-state index contributed by atoms with van der Waals surface area (Å²) in [5, 5.41) is 0. The summed E-state index contributed by atoms with van der Waals surface area (Å²) in [6.07, 6.45) is 5.38. The van der Waals surface area contributed by atoms with Gasteiger partial charge < -0.3 is 0 Å². The molecule has 2 rings (SSSR count). The van der Waals surface area contributed by atoms with Crippen LogP contribution >= 0.6 is 0 Å². The quantitative estimate of drug-likeness (QED) is 0.547. The van der Waals surface area contributed by atoms with Crippen LogP contribution in [0.5, 0.6) is 0 Å². The molecule has 0 heteroatoms. The van der Waals surface area contributed by atoms with Crippen molar-refractivity contribution in [1.82, 2.24) is 0 Å². The Labute approximate surface area is 75.6 Å². The van der Waals surface area contributed by atoms with Crippen molar-refractivity contribution in [2.45, 2.75) is 39.5 Å². The number of aryl methyl sites for hydroxylation is 2. The predicted molar refractivity (Wildman–Crippen MR) is 54.4 cm³/mol. The number of fused-ring (bicyclic) bond motifs is 1. The highest BCUT2D eigenvalue weighted by Crippen LogP contribution is 2.19. The van der Waals surface area contributed by atoms with Gasteiger partial charge in [0.2, 0.25) is 0 Å². The Kier molecular flexibility index (Phi) is 3.86. The Morgan fingerprint density at radius 3 is 1.67 bits per heavy atom. The average Bonchev–Trinajstić information content (AvgIpc) is 2.21. The molecule has 0 nitrogen and oxygen atoms in total. The number of hydrogen-bond acceptors (Lipinski definition) is 0. The summed E-state index contributed by atoms with van der Waals surface area (Å²) < 4.78 is 0. The second kappa shape index (κ2) is 4.97. The highest BCUT2D eigenvalue weighted by molar-refractivity contribution is 5.28. The molecule has 1 aliphatic carbocycles. The van der Waals surface area contributed by atoms with Gasteiger partial charge in [0.1, 0.15) is 0 Å². The molecule has 0 unspecified atom stereocenters. The normalized spacial score (nSPS) is 14.2. The molecule has 0 aromatic heterocycles. The molecule has 0 saturated carbocycles. The van der Waals surface area contributed by atoms with Crippen LogP contribution in [0.4, 0.5) is 0 Å². The maximum absolute atomic E-state index is 2.26. The topological polar surface area (TPSA) is 0 Å². The van der Waals surface area contributed by atoms with E-state index in [0.717, 1.165) is 0 Å². The van der Waals surface area contributed by atoms with Gasteiger partial charge in [0, 0.05) is 0 Å². The lowest BCUT2D eigenvalue weighted by atomic mass is 9.92. The van der Waals surface area contributed by atoms with Crippen molar-refractivity contribution in [2.75, 3.05) is 0 Å². The van der Waals surface area contributed by atoms with Gasteiger partial charge in [-0.15, -0.1) is 0 Å². The summed E-state index contributed by atoms with van der Waals surface area (Å²) in [5.74, 6) is 0. The molecule has 0 N–H and O–H groups in total. The molecular weight excluding hydrogens is 144 g/mol. The van der Waals surface area contributed by atoms with E-state index >= 15 is 0 Å². The molecule has 1 aromatic rings. The lowest BCUT2D eigenvalue weighted by molar-refractivity contribution is 0.685. The van der Waals surface area contributed by atoms with Gasteiger partial charge >= 0.3 is 0 Å². The van der Waals surface area contributed by atoms with Crippen molar-refractivity contribution in [3.05, 3.63) is 35.4 Å². The van der Waals surface area contributed by atoms with Crippen molar-refractivity contribution >= 4 is 0 Å². The smallest absolute Gasteiger partial charge is 0.0276 e. The van der Waals surface area contributed by atoms with Crippen LogP contribution in [0, 0.1) is 0 Å². The first-order valence-corrected chi connectivity index (χ1v) is 5.03. The molecule has 0 radical (unpaired) electrons. The second-order valence-electron chi connectivity index (χ2n) is 2.98. The lowest BCUT2D eigenvalue weighted by Gasteiger charge is -2.13. The van der Waals surface area contributed by atoms with Crippen LogP contribution in [0.25, 0.3) is 0 Å². The van der Waals surface area contributed by atoms with Gasteiger partial charge in [0.05, 0.1) is 0 Å². The van der Waals surface area contributed by atoms with Crippen LogP contribution in [0.1, 0.15) is 37.8 Å². The van der Waals surface area contributed by atoms with Crippen LogP contribution in [0.2, 0.25) is 0 Å². The Morgan fingerprint density at radius 1 is 0.833 bits per heavy atom. The van der Waals surface area contributed by atoms with Crippen molar-refractivity contribution in [1.29, 1.82) is 0 Å². The predicted octanol–water partition coefficient (Wildman–Crippen LogP) is 3.59. The highest BCUT2D eigenvalue weighted by atomic mass is 14.1. The zero-order valence-corrected chi connectivity index (χ0v) is 8.14. The van der Waals surface area contributed by atoms with Gasteiger partial charge in [-0.2, -0.15) is 0 Å². The van der Waals surface area contributed by atoms with Gasteiger partial charge in [-0.3, -0.25) is 0 Å². The Hall–Kier alpha value is -0.780. The van der Waals surface area contributed by atoms with E-state index in [4.69, 9.17) is 0 Å². The fourth-order valence-electron chi connectivity index (χ4n) is 1.68. The number of hydrogen-bond donors (Lipinski definition) is 0. The molecule has 0 amide bonds. The summed E-state index contributed by atoms with van der Waals surface area (Å²) in [6.45, 7) is 4.00. The van der Waals surface area contributed by atoms with Crippen molar-refractivity contribution in [3.8, 4) is 0 Å². The van der Waals surface area contributed by atoms with E-state index < -0.39 is 0 Å². The third-order valence-electron chi connectivity index (χ3n) is 2.26. The van der Waals surface area contributed by atoms with Gasteiger partial charge in [-0.1, -0.05) is 38.1 Å². The first-order valence-electron chi connectivity index (χ1n) is 5.03. The third-order valence-corrected chi connectivity index (χ3v) is 2.26. The van der Waals surface area contributed by atoms with Crippen molar-refractivity contribution in [3.63, 3.8) is 0 Å². The van der Waals surface area contributed by atoms with Crippen molar-refractivity contribution in [2.24, 2.45) is 0 Å². The molecule has 0 aliphatic heterocycles. The molecule has 0 atom stereocenters. The minimum Gasteiger partial charge on any atom is -0.0683 e. The Morgan fingerprint density at radius 2 is 1.25 bits per heavy atom. The van der Waals surface area contributed by atoms with Gasteiger partial charge in [-0.05, 0) is 36.8 Å². The fourth-order valence-corrected chi connectivity index (χ4v) is 1.68. The highest BCUT2D eigenvalue weighted by Gasteiger charge is 2.05. The molecule has 1 aliphatic rings. The molecule has 1 aromatic carbocycles. The standard InChI is InChI=1S/C10H12.C2H6/c1-2-6-10-8-4-3-7-9(10)5-1;1-2/h1-2,5-6H,3-4,7-8H2;1-2H3. The van der Waals surface area contributed by atoms with Crippen molar-refractivity contribution < 1.29 is 0 Å². The van der Waals surface area contributed by atoms with E-state index in [0.29, 0.717) is 0 Å². The Bertz CT molecular complexity index is 200. The van der Waals surface area contributed by atoms with E-state index in [1.165, 1.54) is 25.7 Å². The number of benzene rings is 1. The zero-order valence-electron chi connectivity index (χ0n) is 8.14. The first kappa shape index (κ1) is 9.31. The molecule has 0 spiro atoms. The van der Waals surface area contributed by atoms with Gasteiger partial charge in [0.25, 0.3) is 0 Å². The van der Waals surface area contributed by atoms with E-state index in [2.05, 4.69) is 24.3 Å². The average molecular weight is 162 g/mol. The monoisotopic (exact) mass is 162 g/mol. The van der Waals surface area contributed by atoms with E-state index in [1.807, 2.05) is 13.8 Å². The third kappa shape index (κ3) is 2.10. The van der Waals surface area contributed by atoms with Crippen LogP contribution in [0.15, 0.2) is 24.3 Å².